The number of nitrogens with zero attached hydrogens (tertiary/aromatic N) is 2. The van der Waals surface area contributed by atoms with E-state index in [1.165, 1.54) is 11.3 Å². The summed E-state index contributed by atoms with van der Waals surface area (Å²) < 4.78 is 5.64. The molecule has 1 aromatic heterocycles. The molecule has 5 nitrogen and oxygen atoms in total. The molecule has 7 heteroatoms. The third kappa shape index (κ3) is 4.47. The average Bonchev–Trinajstić information content (AvgIpc) is 3.05. The fraction of sp³-hybridized carbons (Fsp3) is 0.412. The Balaban J connectivity index is 0.00000208. The largest absolute Gasteiger partial charge is 0.491 e. The van der Waals surface area contributed by atoms with Crippen molar-refractivity contribution in [2.24, 2.45) is 0 Å². The molecule has 1 aliphatic rings. The van der Waals surface area contributed by atoms with Crippen LogP contribution in [0.3, 0.4) is 0 Å². The zero-order chi connectivity index (χ0) is 16.2. The molecule has 1 fully saturated rings. The number of hydrogen-bond donors (Lipinski definition) is 1. The van der Waals surface area contributed by atoms with Gasteiger partial charge in [0.15, 0.2) is 0 Å². The minimum absolute atomic E-state index is 0. The van der Waals surface area contributed by atoms with E-state index in [0.29, 0.717) is 5.69 Å². The summed E-state index contributed by atoms with van der Waals surface area (Å²) in [5, 5.41) is 5.95. The van der Waals surface area contributed by atoms with Gasteiger partial charge in [0.1, 0.15) is 16.5 Å². The third-order valence-electron chi connectivity index (χ3n) is 3.60. The number of ether oxygens (including phenoxy) is 1. The first kappa shape index (κ1) is 18.7. The Morgan fingerprint density at radius 1 is 1.25 bits per heavy atom. The molecule has 130 valence electrons. The SMILES string of the molecule is CC(C)Oc1ccc(-c2nc(C(=O)N3CCNCC3)cs2)cc1.Cl. The van der Waals surface area contributed by atoms with Crippen LogP contribution in [0.5, 0.6) is 5.75 Å². The van der Waals surface area contributed by atoms with E-state index in [9.17, 15) is 4.79 Å². The predicted octanol–water partition coefficient (Wildman–Crippen LogP) is 3.06. The van der Waals surface area contributed by atoms with Gasteiger partial charge in [0.25, 0.3) is 5.91 Å². The summed E-state index contributed by atoms with van der Waals surface area (Å²) in [5.41, 5.74) is 1.54. The standard InChI is InChI=1S/C17H21N3O2S.ClH/c1-12(2)22-14-5-3-13(4-6-14)16-19-15(11-23-16)17(21)20-9-7-18-8-10-20;/h3-6,11-12,18H,7-10H2,1-2H3;1H. The van der Waals surface area contributed by atoms with Gasteiger partial charge in [-0.25, -0.2) is 4.98 Å². The number of thiazole rings is 1. The normalized spacial score (nSPS) is 14.4. The van der Waals surface area contributed by atoms with Gasteiger partial charge in [0.05, 0.1) is 6.10 Å². The first-order chi connectivity index (χ1) is 11.1. The van der Waals surface area contributed by atoms with Gasteiger partial charge in [0, 0.05) is 37.1 Å². The lowest BCUT2D eigenvalue weighted by Gasteiger charge is -2.26. The van der Waals surface area contributed by atoms with Crippen molar-refractivity contribution in [1.29, 1.82) is 0 Å². The maximum Gasteiger partial charge on any atom is 0.273 e. The molecule has 0 bridgehead atoms. The second-order valence-corrected chi connectivity index (χ2v) is 6.63. The lowest BCUT2D eigenvalue weighted by molar-refractivity contribution is 0.0731. The van der Waals surface area contributed by atoms with E-state index in [1.807, 2.05) is 48.4 Å². The van der Waals surface area contributed by atoms with E-state index in [1.54, 1.807) is 0 Å². The number of piperazine rings is 1. The van der Waals surface area contributed by atoms with Crippen LogP contribution in [-0.4, -0.2) is 48.1 Å². The number of nitrogens with one attached hydrogen (secondary N) is 1. The van der Waals surface area contributed by atoms with Crippen LogP contribution >= 0.6 is 23.7 Å². The quantitative estimate of drug-likeness (QED) is 0.902. The van der Waals surface area contributed by atoms with Crippen molar-refractivity contribution in [3.63, 3.8) is 0 Å². The molecule has 1 saturated heterocycles. The van der Waals surface area contributed by atoms with E-state index in [2.05, 4.69) is 10.3 Å². The fourth-order valence-corrected chi connectivity index (χ4v) is 3.28. The number of amides is 1. The van der Waals surface area contributed by atoms with Crippen LogP contribution in [0.25, 0.3) is 10.6 Å². The Morgan fingerprint density at radius 3 is 2.54 bits per heavy atom. The minimum atomic E-state index is 0. The Labute approximate surface area is 152 Å². The van der Waals surface area contributed by atoms with Crippen LogP contribution in [0.4, 0.5) is 0 Å². The summed E-state index contributed by atoms with van der Waals surface area (Å²) >= 11 is 1.50. The summed E-state index contributed by atoms with van der Waals surface area (Å²) in [7, 11) is 0. The molecule has 2 heterocycles. The Bertz CT molecular complexity index is 667. The number of aromatic nitrogens is 1. The average molecular weight is 368 g/mol. The fourth-order valence-electron chi connectivity index (χ4n) is 2.48. The van der Waals surface area contributed by atoms with Crippen LogP contribution < -0.4 is 10.1 Å². The van der Waals surface area contributed by atoms with Crippen molar-refractivity contribution in [1.82, 2.24) is 15.2 Å². The smallest absolute Gasteiger partial charge is 0.273 e. The van der Waals surface area contributed by atoms with E-state index in [0.717, 1.165) is 42.5 Å². The molecule has 1 aliphatic heterocycles. The zero-order valence-electron chi connectivity index (χ0n) is 13.8. The summed E-state index contributed by atoms with van der Waals surface area (Å²) in [6.07, 6.45) is 0.156. The van der Waals surface area contributed by atoms with Crippen LogP contribution in [-0.2, 0) is 0 Å². The van der Waals surface area contributed by atoms with Crippen LogP contribution in [0.1, 0.15) is 24.3 Å². The van der Waals surface area contributed by atoms with Crippen LogP contribution in [0.15, 0.2) is 29.6 Å². The van der Waals surface area contributed by atoms with E-state index in [-0.39, 0.29) is 24.4 Å². The van der Waals surface area contributed by atoms with Gasteiger partial charge in [-0.3, -0.25) is 4.79 Å². The van der Waals surface area contributed by atoms with Gasteiger partial charge in [-0.15, -0.1) is 23.7 Å². The number of carbonyl (C=O) groups excluding carboxylic acids is 1. The van der Waals surface area contributed by atoms with Crippen molar-refractivity contribution >= 4 is 29.7 Å². The second-order valence-electron chi connectivity index (χ2n) is 5.77. The maximum absolute atomic E-state index is 12.4. The molecule has 24 heavy (non-hydrogen) atoms. The van der Waals surface area contributed by atoms with Gasteiger partial charge >= 0.3 is 0 Å². The summed E-state index contributed by atoms with van der Waals surface area (Å²) in [5.74, 6) is 0.867. The zero-order valence-corrected chi connectivity index (χ0v) is 15.5. The highest BCUT2D eigenvalue weighted by atomic mass is 35.5. The minimum Gasteiger partial charge on any atom is -0.491 e. The van der Waals surface area contributed by atoms with Gasteiger partial charge in [-0.05, 0) is 38.1 Å². The highest BCUT2D eigenvalue weighted by molar-refractivity contribution is 7.13. The van der Waals surface area contributed by atoms with Crippen molar-refractivity contribution in [2.45, 2.75) is 20.0 Å². The molecule has 0 radical (unpaired) electrons. The van der Waals surface area contributed by atoms with Gasteiger partial charge in [-0.1, -0.05) is 0 Å². The van der Waals surface area contributed by atoms with Crippen molar-refractivity contribution in [3.8, 4) is 16.3 Å². The Hall–Kier alpha value is -1.63. The van der Waals surface area contributed by atoms with Crippen LogP contribution in [0, 0.1) is 0 Å². The first-order valence-electron chi connectivity index (χ1n) is 7.86. The second kappa shape index (κ2) is 8.46. The number of carbonyl (C=O) groups is 1. The molecule has 1 amide bonds. The Morgan fingerprint density at radius 2 is 1.92 bits per heavy atom. The molecule has 3 rings (SSSR count). The van der Waals surface area contributed by atoms with Gasteiger partial charge in [0.2, 0.25) is 0 Å². The van der Waals surface area contributed by atoms with Crippen molar-refractivity contribution < 1.29 is 9.53 Å². The highest BCUT2D eigenvalue weighted by Crippen LogP contribution is 2.26. The summed E-state index contributed by atoms with van der Waals surface area (Å²) in [6, 6.07) is 7.84. The first-order valence-corrected chi connectivity index (χ1v) is 8.74. The molecule has 0 atom stereocenters. The molecular formula is C17H22ClN3O2S. The lowest BCUT2D eigenvalue weighted by atomic mass is 10.2. The van der Waals surface area contributed by atoms with E-state index in [4.69, 9.17) is 4.74 Å². The topological polar surface area (TPSA) is 54.5 Å². The third-order valence-corrected chi connectivity index (χ3v) is 4.49. The molecule has 0 aliphatic carbocycles. The van der Waals surface area contributed by atoms with Gasteiger partial charge < -0.3 is 15.0 Å². The molecule has 0 spiro atoms. The molecule has 0 unspecified atom stereocenters. The monoisotopic (exact) mass is 367 g/mol. The summed E-state index contributed by atoms with van der Waals surface area (Å²) in [6.45, 7) is 7.19. The molecule has 0 saturated carbocycles. The van der Waals surface area contributed by atoms with E-state index >= 15 is 0 Å². The number of benzene rings is 1. The Kier molecular flexibility index (Phi) is 6.60. The number of rotatable bonds is 4. The highest BCUT2D eigenvalue weighted by Gasteiger charge is 2.20. The number of halogens is 1. The van der Waals surface area contributed by atoms with Crippen molar-refractivity contribution in [3.05, 3.63) is 35.3 Å². The molecule has 1 aromatic carbocycles. The molecule has 1 N–H and O–H groups in total. The number of hydrogen-bond acceptors (Lipinski definition) is 5. The maximum atomic E-state index is 12.4. The van der Waals surface area contributed by atoms with Crippen molar-refractivity contribution in [2.75, 3.05) is 26.2 Å². The lowest BCUT2D eigenvalue weighted by Crippen LogP contribution is -2.46. The summed E-state index contributed by atoms with van der Waals surface area (Å²) in [4.78, 5) is 18.8. The molecule has 2 aromatic rings. The molecular weight excluding hydrogens is 346 g/mol. The van der Waals surface area contributed by atoms with Crippen LogP contribution in [0.2, 0.25) is 0 Å². The predicted molar refractivity (Wildman–Crippen MR) is 99.3 cm³/mol. The van der Waals surface area contributed by atoms with E-state index < -0.39 is 0 Å². The van der Waals surface area contributed by atoms with Gasteiger partial charge in [-0.2, -0.15) is 0 Å².